The summed E-state index contributed by atoms with van der Waals surface area (Å²) in [5, 5.41) is 6.07. The van der Waals surface area contributed by atoms with E-state index in [1.54, 1.807) is 43.4 Å². The number of hydrogen-bond donors (Lipinski definition) is 0. The molecular formula is C24H23FN2O4S. The van der Waals surface area contributed by atoms with Crippen LogP contribution in [0.25, 0.3) is 0 Å². The maximum atomic E-state index is 14.3. The van der Waals surface area contributed by atoms with Gasteiger partial charge < -0.3 is 19.2 Å². The van der Waals surface area contributed by atoms with Gasteiger partial charge in [-0.2, -0.15) is 0 Å². The molecule has 0 spiro atoms. The number of benzene rings is 2. The normalized spacial score (nSPS) is 15.1. The summed E-state index contributed by atoms with van der Waals surface area (Å²) < 4.78 is 24.9. The van der Waals surface area contributed by atoms with Gasteiger partial charge in [-0.05, 0) is 35.7 Å². The van der Waals surface area contributed by atoms with Gasteiger partial charge in [-0.15, -0.1) is 11.3 Å². The Bertz CT molecular complexity index is 1120. The number of carbonyl (C=O) groups is 1. The SMILES string of the molecule is COc1ccc(C2=NOC(CN(Cc3ccccc3F)C(=O)c3cccs3)C2)cc1OC. The fourth-order valence-electron chi connectivity index (χ4n) is 3.57. The molecule has 2 aromatic carbocycles. The number of rotatable bonds is 8. The first-order chi connectivity index (χ1) is 15.6. The van der Waals surface area contributed by atoms with Crippen LogP contribution in [0, 0.1) is 5.82 Å². The van der Waals surface area contributed by atoms with Gasteiger partial charge in [0.2, 0.25) is 0 Å². The van der Waals surface area contributed by atoms with Gasteiger partial charge in [-0.1, -0.05) is 29.4 Å². The Hall–Kier alpha value is -3.39. The highest BCUT2D eigenvalue weighted by molar-refractivity contribution is 7.12. The minimum absolute atomic E-state index is 0.148. The Morgan fingerprint density at radius 2 is 1.97 bits per heavy atom. The van der Waals surface area contributed by atoms with Gasteiger partial charge in [0.25, 0.3) is 5.91 Å². The summed E-state index contributed by atoms with van der Waals surface area (Å²) in [7, 11) is 3.16. The molecular weight excluding hydrogens is 431 g/mol. The first-order valence-corrected chi connectivity index (χ1v) is 11.0. The highest BCUT2D eigenvalue weighted by Crippen LogP contribution is 2.30. The summed E-state index contributed by atoms with van der Waals surface area (Å²) in [5.74, 6) is 0.729. The average molecular weight is 455 g/mol. The van der Waals surface area contributed by atoms with Crippen LogP contribution in [0.1, 0.15) is 27.2 Å². The summed E-state index contributed by atoms with van der Waals surface area (Å²) >= 11 is 1.36. The Morgan fingerprint density at radius 1 is 1.16 bits per heavy atom. The second kappa shape index (κ2) is 9.82. The van der Waals surface area contributed by atoms with Gasteiger partial charge in [-0.3, -0.25) is 4.79 Å². The smallest absolute Gasteiger partial charge is 0.264 e. The Balaban J connectivity index is 1.50. The van der Waals surface area contributed by atoms with Gasteiger partial charge in [0.1, 0.15) is 5.82 Å². The summed E-state index contributed by atoms with van der Waals surface area (Å²) in [6, 6.07) is 15.6. The molecule has 0 N–H and O–H groups in total. The molecule has 166 valence electrons. The summed E-state index contributed by atoms with van der Waals surface area (Å²) in [6.45, 7) is 0.431. The highest BCUT2D eigenvalue weighted by atomic mass is 32.1. The number of carbonyl (C=O) groups excluding carboxylic acids is 1. The van der Waals surface area contributed by atoms with Crippen molar-refractivity contribution < 1.29 is 23.5 Å². The molecule has 4 rings (SSSR count). The van der Waals surface area contributed by atoms with Crippen molar-refractivity contribution >= 4 is 23.0 Å². The van der Waals surface area contributed by atoms with Crippen molar-refractivity contribution in [1.29, 1.82) is 0 Å². The van der Waals surface area contributed by atoms with Crippen molar-refractivity contribution in [2.45, 2.75) is 19.1 Å². The maximum Gasteiger partial charge on any atom is 0.264 e. The monoisotopic (exact) mass is 454 g/mol. The van der Waals surface area contributed by atoms with Crippen molar-refractivity contribution in [1.82, 2.24) is 4.90 Å². The standard InChI is InChI=1S/C24H23FN2O4S/c1-29-21-10-9-16(12-22(21)30-2)20-13-18(31-26-20)15-27(24(28)23-8-5-11-32-23)14-17-6-3-4-7-19(17)25/h3-12,18H,13-15H2,1-2H3. The topological polar surface area (TPSA) is 60.4 Å². The van der Waals surface area contributed by atoms with Crippen LogP contribution in [-0.2, 0) is 11.4 Å². The molecule has 1 aromatic heterocycles. The molecule has 3 aromatic rings. The number of ether oxygens (including phenoxy) is 2. The van der Waals surface area contributed by atoms with E-state index in [-0.39, 0.29) is 30.9 Å². The van der Waals surface area contributed by atoms with Gasteiger partial charge in [0.15, 0.2) is 17.6 Å². The van der Waals surface area contributed by atoms with Gasteiger partial charge in [0, 0.05) is 24.1 Å². The Morgan fingerprint density at radius 3 is 2.69 bits per heavy atom. The minimum Gasteiger partial charge on any atom is -0.493 e. The van der Waals surface area contributed by atoms with Crippen LogP contribution in [0.5, 0.6) is 11.5 Å². The van der Waals surface area contributed by atoms with Gasteiger partial charge in [0.05, 0.1) is 31.4 Å². The molecule has 1 aliphatic rings. The molecule has 0 saturated carbocycles. The van der Waals surface area contributed by atoms with Crippen LogP contribution in [0.2, 0.25) is 0 Å². The molecule has 1 atom stereocenters. The third-order valence-electron chi connectivity index (χ3n) is 5.21. The van der Waals surface area contributed by atoms with Crippen LogP contribution in [0.15, 0.2) is 65.1 Å². The van der Waals surface area contributed by atoms with E-state index in [9.17, 15) is 9.18 Å². The largest absolute Gasteiger partial charge is 0.493 e. The fraction of sp³-hybridized carbons (Fsp3) is 0.250. The lowest BCUT2D eigenvalue weighted by Crippen LogP contribution is -2.37. The number of hydrogen-bond acceptors (Lipinski definition) is 6. The van der Waals surface area contributed by atoms with E-state index < -0.39 is 0 Å². The molecule has 0 fully saturated rings. The average Bonchev–Trinajstić information content (AvgIpc) is 3.51. The predicted octanol–water partition coefficient (Wildman–Crippen LogP) is 4.74. The van der Waals surface area contributed by atoms with Crippen molar-refractivity contribution in [3.63, 3.8) is 0 Å². The van der Waals surface area contributed by atoms with E-state index in [1.807, 2.05) is 29.6 Å². The lowest BCUT2D eigenvalue weighted by atomic mass is 10.0. The number of thiophene rings is 1. The maximum absolute atomic E-state index is 14.3. The first-order valence-electron chi connectivity index (χ1n) is 10.1. The third-order valence-corrected chi connectivity index (χ3v) is 6.07. The minimum atomic E-state index is -0.342. The van der Waals surface area contributed by atoms with Crippen LogP contribution in [0.4, 0.5) is 4.39 Å². The van der Waals surface area contributed by atoms with Crippen molar-refractivity contribution in [2.24, 2.45) is 5.16 Å². The van der Waals surface area contributed by atoms with Crippen molar-refractivity contribution in [2.75, 3.05) is 20.8 Å². The summed E-state index contributed by atoms with van der Waals surface area (Å²) in [4.78, 5) is 21.0. The quantitative estimate of drug-likeness (QED) is 0.493. The highest BCUT2D eigenvalue weighted by Gasteiger charge is 2.28. The molecule has 6 nitrogen and oxygen atoms in total. The lowest BCUT2D eigenvalue weighted by Gasteiger charge is -2.24. The van der Waals surface area contributed by atoms with E-state index in [1.165, 1.54) is 17.4 Å². The zero-order valence-electron chi connectivity index (χ0n) is 17.8. The van der Waals surface area contributed by atoms with E-state index >= 15 is 0 Å². The van der Waals surface area contributed by atoms with Crippen molar-refractivity contribution in [3.8, 4) is 11.5 Å². The second-order valence-electron chi connectivity index (χ2n) is 7.29. The molecule has 0 bridgehead atoms. The Labute approximate surface area is 189 Å². The third kappa shape index (κ3) is 4.75. The van der Waals surface area contributed by atoms with E-state index in [0.717, 1.165) is 11.3 Å². The summed E-state index contributed by atoms with van der Waals surface area (Å²) in [6.07, 6.45) is 0.176. The van der Waals surface area contributed by atoms with Gasteiger partial charge in [-0.25, -0.2) is 4.39 Å². The first kappa shape index (κ1) is 21.8. The predicted molar refractivity (Wildman–Crippen MR) is 121 cm³/mol. The van der Waals surface area contributed by atoms with Crippen LogP contribution in [-0.4, -0.2) is 43.4 Å². The van der Waals surface area contributed by atoms with Crippen LogP contribution < -0.4 is 9.47 Å². The molecule has 0 aliphatic carbocycles. The number of oxime groups is 1. The molecule has 1 amide bonds. The molecule has 1 unspecified atom stereocenters. The number of nitrogens with zero attached hydrogens (tertiary/aromatic N) is 2. The lowest BCUT2D eigenvalue weighted by molar-refractivity contribution is 0.0406. The zero-order chi connectivity index (χ0) is 22.5. The van der Waals surface area contributed by atoms with Crippen LogP contribution in [0.3, 0.4) is 0 Å². The number of halogens is 1. The van der Waals surface area contributed by atoms with Crippen LogP contribution >= 0.6 is 11.3 Å². The molecule has 0 radical (unpaired) electrons. The molecule has 8 heteroatoms. The van der Waals surface area contributed by atoms with E-state index in [0.29, 0.717) is 28.4 Å². The van der Waals surface area contributed by atoms with E-state index in [4.69, 9.17) is 14.3 Å². The zero-order valence-corrected chi connectivity index (χ0v) is 18.6. The number of methoxy groups -OCH3 is 2. The summed E-state index contributed by atoms with van der Waals surface area (Å²) in [5.41, 5.74) is 2.07. The van der Waals surface area contributed by atoms with E-state index in [2.05, 4.69) is 5.16 Å². The Kier molecular flexibility index (Phi) is 6.70. The molecule has 0 saturated heterocycles. The molecule has 2 heterocycles. The fourth-order valence-corrected chi connectivity index (χ4v) is 4.26. The number of amides is 1. The molecule has 32 heavy (non-hydrogen) atoms. The van der Waals surface area contributed by atoms with Crippen molar-refractivity contribution in [3.05, 3.63) is 81.8 Å². The second-order valence-corrected chi connectivity index (χ2v) is 8.24. The van der Waals surface area contributed by atoms with Gasteiger partial charge >= 0.3 is 0 Å². The molecule has 1 aliphatic heterocycles.